The number of ketones is 1. The van der Waals surface area contributed by atoms with E-state index in [1.165, 1.54) is 0 Å². The Morgan fingerprint density at radius 2 is 1.52 bits per heavy atom. The van der Waals surface area contributed by atoms with Gasteiger partial charge in [-0.05, 0) is 32.8 Å². The Bertz CT molecular complexity index is 812. The zero-order chi connectivity index (χ0) is 21.3. The van der Waals surface area contributed by atoms with Gasteiger partial charge in [-0.3, -0.25) is 4.79 Å². The molecule has 1 atom stereocenters. The number of carbonyl (C=O) groups excluding carboxylic acids is 3. The summed E-state index contributed by atoms with van der Waals surface area (Å²) in [6.45, 7) is 5.27. The molecule has 0 saturated heterocycles. The van der Waals surface area contributed by atoms with E-state index >= 15 is 0 Å². The maximum Gasteiger partial charge on any atom is 0.408 e. The minimum Gasteiger partial charge on any atom is -0.459 e. The third-order valence-corrected chi connectivity index (χ3v) is 3.96. The summed E-state index contributed by atoms with van der Waals surface area (Å²) in [7, 11) is 0. The highest BCUT2D eigenvalue weighted by molar-refractivity contribution is 5.96. The van der Waals surface area contributed by atoms with Gasteiger partial charge in [0.25, 0.3) is 0 Å². The molecule has 1 N–H and O–H groups in total. The molecule has 2 rings (SSSR count). The van der Waals surface area contributed by atoms with E-state index in [2.05, 4.69) is 5.32 Å². The van der Waals surface area contributed by atoms with E-state index in [0.29, 0.717) is 5.56 Å². The molecule has 6 heteroatoms. The van der Waals surface area contributed by atoms with Crippen LogP contribution in [0.15, 0.2) is 60.7 Å². The Morgan fingerprint density at radius 1 is 0.931 bits per heavy atom. The number of hydrogen-bond acceptors (Lipinski definition) is 5. The van der Waals surface area contributed by atoms with Crippen LogP contribution in [0, 0.1) is 0 Å². The summed E-state index contributed by atoms with van der Waals surface area (Å²) in [5, 5.41) is 2.53. The smallest absolute Gasteiger partial charge is 0.408 e. The summed E-state index contributed by atoms with van der Waals surface area (Å²) >= 11 is 0. The molecule has 0 fully saturated rings. The molecule has 0 aliphatic heterocycles. The number of alkyl carbamates (subject to hydrolysis) is 1. The summed E-state index contributed by atoms with van der Waals surface area (Å²) < 4.78 is 10.6. The summed E-state index contributed by atoms with van der Waals surface area (Å²) in [6.07, 6.45) is -0.530. The van der Waals surface area contributed by atoms with E-state index < -0.39 is 23.7 Å². The predicted octanol–water partition coefficient (Wildman–Crippen LogP) is 4.29. The van der Waals surface area contributed by atoms with Crippen molar-refractivity contribution in [1.82, 2.24) is 5.32 Å². The van der Waals surface area contributed by atoms with Crippen molar-refractivity contribution in [2.45, 2.75) is 51.9 Å². The second-order valence-electron chi connectivity index (χ2n) is 7.62. The molecule has 0 aliphatic carbocycles. The molecule has 0 heterocycles. The minimum atomic E-state index is -0.985. The number of esters is 1. The van der Waals surface area contributed by atoms with Crippen molar-refractivity contribution >= 4 is 17.8 Å². The highest BCUT2D eigenvalue weighted by atomic mass is 16.6. The fourth-order valence-corrected chi connectivity index (χ4v) is 2.57. The zero-order valence-electron chi connectivity index (χ0n) is 17.0. The van der Waals surface area contributed by atoms with Gasteiger partial charge < -0.3 is 14.8 Å². The molecule has 2 aromatic rings. The second-order valence-corrected chi connectivity index (χ2v) is 7.62. The van der Waals surface area contributed by atoms with Gasteiger partial charge in [0.2, 0.25) is 0 Å². The summed E-state index contributed by atoms with van der Waals surface area (Å²) in [4.78, 5) is 37.1. The van der Waals surface area contributed by atoms with Crippen LogP contribution in [0.25, 0.3) is 0 Å². The number of hydrogen-bond donors (Lipinski definition) is 1. The zero-order valence-corrected chi connectivity index (χ0v) is 17.0. The van der Waals surface area contributed by atoms with Crippen molar-refractivity contribution in [2.75, 3.05) is 0 Å². The van der Waals surface area contributed by atoms with E-state index in [1.807, 2.05) is 36.4 Å². The Morgan fingerprint density at radius 3 is 2.10 bits per heavy atom. The fourth-order valence-electron chi connectivity index (χ4n) is 2.57. The molecule has 0 spiro atoms. The van der Waals surface area contributed by atoms with Crippen molar-refractivity contribution in [3.63, 3.8) is 0 Å². The largest absolute Gasteiger partial charge is 0.459 e. The number of benzene rings is 2. The Labute approximate surface area is 171 Å². The molecule has 0 aromatic heterocycles. The Balaban J connectivity index is 2.00. The lowest BCUT2D eigenvalue weighted by atomic mass is 10.0. The molecule has 0 unspecified atom stereocenters. The first kappa shape index (κ1) is 22.1. The van der Waals surface area contributed by atoms with Crippen LogP contribution in [0.5, 0.6) is 0 Å². The van der Waals surface area contributed by atoms with Gasteiger partial charge in [0.05, 0.1) is 0 Å². The fraction of sp³-hybridized carbons (Fsp3) is 0.348. The minimum absolute atomic E-state index is 0.0821. The molecule has 2 aromatic carbocycles. The molecular weight excluding hydrogens is 370 g/mol. The molecule has 0 saturated carbocycles. The van der Waals surface area contributed by atoms with Crippen LogP contribution in [-0.4, -0.2) is 29.5 Å². The van der Waals surface area contributed by atoms with Gasteiger partial charge in [0.15, 0.2) is 5.78 Å². The lowest BCUT2D eigenvalue weighted by molar-refractivity contribution is -0.147. The van der Waals surface area contributed by atoms with Crippen LogP contribution in [0.1, 0.15) is 49.5 Å². The van der Waals surface area contributed by atoms with Gasteiger partial charge in [-0.25, -0.2) is 9.59 Å². The quantitative estimate of drug-likeness (QED) is 0.531. The SMILES string of the molecule is CC(C)(C)OC(=O)N[C@@H](CCC(=O)c1ccccc1)C(=O)OCc1ccccc1. The average Bonchev–Trinajstić information content (AvgIpc) is 2.69. The number of carbonyl (C=O) groups is 3. The lowest BCUT2D eigenvalue weighted by Crippen LogP contribution is -2.44. The van der Waals surface area contributed by atoms with Gasteiger partial charge in [0, 0.05) is 12.0 Å². The topological polar surface area (TPSA) is 81.7 Å². The molecular formula is C23H27NO5. The van der Waals surface area contributed by atoms with Crippen LogP contribution in [-0.2, 0) is 20.9 Å². The molecule has 0 radical (unpaired) electrons. The summed E-state index contributed by atoms with van der Waals surface area (Å²) in [6, 6.07) is 17.1. The Kier molecular flexibility index (Phi) is 7.95. The van der Waals surface area contributed by atoms with E-state index in [0.717, 1.165) is 5.56 Å². The van der Waals surface area contributed by atoms with Crippen LogP contribution >= 0.6 is 0 Å². The normalized spacial score (nSPS) is 12.0. The standard InChI is InChI=1S/C23H27NO5/c1-23(2,3)29-22(27)24-19(14-15-20(25)18-12-8-5-9-13-18)21(26)28-16-17-10-6-4-7-11-17/h4-13,19H,14-16H2,1-3H3,(H,24,27)/t19-/m0/s1. The second kappa shape index (κ2) is 10.4. The molecule has 1 amide bonds. The maximum absolute atomic E-state index is 12.6. The van der Waals surface area contributed by atoms with Crippen molar-refractivity contribution in [3.05, 3.63) is 71.8 Å². The Hall–Kier alpha value is -3.15. The van der Waals surface area contributed by atoms with Gasteiger partial charge in [-0.2, -0.15) is 0 Å². The first-order valence-electron chi connectivity index (χ1n) is 9.53. The average molecular weight is 397 g/mol. The van der Waals surface area contributed by atoms with Crippen LogP contribution in [0.4, 0.5) is 4.79 Å². The number of nitrogens with one attached hydrogen (secondary N) is 1. The number of amides is 1. The summed E-state index contributed by atoms with van der Waals surface area (Å²) in [5.74, 6) is -0.724. The van der Waals surface area contributed by atoms with Crippen LogP contribution in [0.3, 0.4) is 0 Å². The third-order valence-electron chi connectivity index (χ3n) is 3.96. The molecule has 0 bridgehead atoms. The van der Waals surface area contributed by atoms with Gasteiger partial charge in [-0.15, -0.1) is 0 Å². The van der Waals surface area contributed by atoms with Gasteiger partial charge >= 0.3 is 12.1 Å². The summed E-state index contributed by atoms with van der Waals surface area (Å²) in [5.41, 5.74) is 0.681. The van der Waals surface area contributed by atoms with Crippen molar-refractivity contribution in [2.24, 2.45) is 0 Å². The lowest BCUT2D eigenvalue weighted by Gasteiger charge is -2.23. The van der Waals surface area contributed by atoms with Crippen molar-refractivity contribution < 1.29 is 23.9 Å². The highest BCUT2D eigenvalue weighted by Gasteiger charge is 2.26. The maximum atomic E-state index is 12.6. The van der Waals surface area contributed by atoms with Crippen molar-refractivity contribution in [1.29, 1.82) is 0 Å². The number of Topliss-reactive ketones (excluding diaryl/α,β-unsaturated/α-hetero) is 1. The van der Waals surface area contributed by atoms with Gasteiger partial charge in [0.1, 0.15) is 18.2 Å². The van der Waals surface area contributed by atoms with E-state index in [4.69, 9.17) is 9.47 Å². The van der Waals surface area contributed by atoms with E-state index in [1.54, 1.807) is 45.0 Å². The highest BCUT2D eigenvalue weighted by Crippen LogP contribution is 2.12. The molecule has 6 nitrogen and oxygen atoms in total. The first-order chi connectivity index (χ1) is 13.7. The molecule has 0 aliphatic rings. The third kappa shape index (κ3) is 8.17. The van der Waals surface area contributed by atoms with E-state index in [9.17, 15) is 14.4 Å². The molecule has 154 valence electrons. The van der Waals surface area contributed by atoms with Crippen LogP contribution < -0.4 is 5.32 Å². The monoisotopic (exact) mass is 397 g/mol. The van der Waals surface area contributed by atoms with Crippen LogP contribution in [0.2, 0.25) is 0 Å². The number of rotatable bonds is 8. The van der Waals surface area contributed by atoms with E-state index in [-0.39, 0.29) is 25.2 Å². The van der Waals surface area contributed by atoms with Gasteiger partial charge in [-0.1, -0.05) is 60.7 Å². The number of ether oxygens (including phenoxy) is 2. The van der Waals surface area contributed by atoms with Crippen molar-refractivity contribution in [3.8, 4) is 0 Å². The first-order valence-corrected chi connectivity index (χ1v) is 9.53. The molecule has 29 heavy (non-hydrogen) atoms. The predicted molar refractivity (Wildman–Crippen MR) is 109 cm³/mol.